The number of anilines is 1. The summed E-state index contributed by atoms with van der Waals surface area (Å²) in [6.45, 7) is 7.89. The summed E-state index contributed by atoms with van der Waals surface area (Å²) in [7, 11) is 0. The Morgan fingerprint density at radius 2 is 2.00 bits per heavy atom. The van der Waals surface area contributed by atoms with E-state index in [-0.39, 0.29) is 0 Å². The van der Waals surface area contributed by atoms with Gasteiger partial charge in [0.2, 0.25) is 0 Å². The number of nitrogens with one attached hydrogen (secondary N) is 1. The van der Waals surface area contributed by atoms with Gasteiger partial charge < -0.3 is 10.2 Å². The van der Waals surface area contributed by atoms with Crippen molar-refractivity contribution in [3.8, 4) is 0 Å². The molecule has 1 saturated heterocycles. The van der Waals surface area contributed by atoms with E-state index >= 15 is 0 Å². The summed E-state index contributed by atoms with van der Waals surface area (Å²) < 4.78 is 0. The van der Waals surface area contributed by atoms with E-state index in [1.54, 1.807) is 0 Å². The molecule has 0 aliphatic carbocycles. The van der Waals surface area contributed by atoms with Gasteiger partial charge in [-0.2, -0.15) is 0 Å². The average molecular weight is 253 g/mol. The van der Waals surface area contributed by atoms with Gasteiger partial charge >= 0.3 is 0 Å². The fourth-order valence-electron chi connectivity index (χ4n) is 2.28. The monoisotopic (exact) mass is 252 g/mol. The molecule has 0 spiro atoms. The Hall–Kier alpha value is -0.730. The first-order valence-corrected chi connectivity index (χ1v) is 6.78. The van der Waals surface area contributed by atoms with Crippen LogP contribution in [0.4, 0.5) is 5.69 Å². The van der Waals surface area contributed by atoms with Crippen LogP contribution in [-0.2, 0) is 0 Å². The van der Waals surface area contributed by atoms with Gasteiger partial charge in [-0.05, 0) is 43.1 Å². The minimum Gasteiger partial charge on any atom is -0.370 e. The van der Waals surface area contributed by atoms with Crippen LogP contribution in [0.1, 0.15) is 20.3 Å². The van der Waals surface area contributed by atoms with E-state index in [9.17, 15) is 0 Å². The van der Waals surface area contributed by atoms with Crippen molar-refractivity contribution in [3.63, 3.8) is 0 Å². The van der Waals surface area contributed by atoms with Crippen LogP contribution in [-0.4, -0.2) is 25.7 Å². The van der Waals surface area contributed by atoms with Crippen LogP contribution in [0.15, 0.2) is 24.3 Å². The maximum Gasteiger partial charge on any atom is 0.0407 e. The van der Waals surface area contributed by atoms with Crippen LogP contribution in [0.3, 0.4) is 0 Å². The van der Waals surface area contributed by atoms with Crippen LogP contribution in [0.25, 0.3) is 0 Å². The largest absolute Gasteiger partial charge is 0.370 e. The maximum atomic E-state index is 5.93. The third-order valence-corrected chi connectivity index (χ3v) is 3.68. The quantitative estimate of drug-likeness (QED) is 0.870. The standard InChI is InChI=1S/C14H21ClN2/c1-11(2)14-10-17(9-3-8-16-14)13-6-4-12(15)5-7-13/h4-7,11,14,16H,3,8-10H2,1-2H3. The SMILES string of the molecule is CC(C)C1CN(c2ccc(Cl)cc2)CCCN1. The smallest absolute Gasteiger partial charge is 0.0407 e. The van der Waals surface area contributed by atoms with E-state index in [0.717, 1.165) is 24.7 Å². The van der Waals surface area contributed by atoms with Crippen LogP contribution in [0.2, 0.25) is 5.02 Å². The molecule has 0 saturated carbocycles. The highest BCUT2D eigenvalue weighted by Gasteiger charge is 2.20. The van der Waals surface area contributed by atoms with Crippen LogP contribution in [0, 0.1) is 5.92 Å². The van der Waals surface area contributed by atoms with Gasteiger partial charge in [-0.1, -0.05) is 25.4 Å². The lowest BCUT2D eigenvalue weighted by atomic mass is 10.0. The second kappa shape index (κ2) is 5.74. The lowest BCUT2D eigenvalue weighted by molar-refractivity contribution is 0.420. The van der Waals surface area contributed by atoms with E-state index < -0.39 is 0 Å². The van der Waals surface area contributed by atoms with Crippen molar-refractivity contribution in [1.82, 2.24) is 5.32 Å². The van der Waals surface area contributed by atoms with Crippen LogP contribution >= 0.6 is 11.6 Å². The zero-order chi connectivity index (χ0) is 12.3. The fraction of sp³-hybridized carbons (Fsp3) is 0.571. The third-order valence-electron chi connectivity index (χ3n) is 3.42. The fourth-order valence-corrected chi connectivity index (χ4v) is 2.41. The highest BCUT2D eigenvalue weighted by molar-refractivity contribution is 6.30. The van der Waals surface area contributed by atoms with Crippen molar-refractivity contribution in [1.29, 1.82) is 0 Å². The van der Waals surface area contributed by atoms with E-state index in [1.165, 1.54) is 12.1 Å². The molecular formula is C14H21ClN2. The molecule has 17 heavy (non-hydrogen) atoms. The maximum absolute atomic E-state index is 5.93. The number of halogens is 1. The summed E-state index contributed by atoms with van der Waals surface area (Å²) in [5.74, 6) is 0.669. The Morgan fingerprint density at radius 3 is 2.65 bits per heavy atom. The molecule has 3 heteroatoms. The molecule has 94 valence electrons. The normalized spacial score (nSPS) is 21.6. The Bertz CT molecular complexity index is 348. The Kier molecular flexibility index (Phi) is 4.30. The summed E-state index contributed by atoms with van der Waals surface area (Å²) in [5, 5.41) is 4.43. The topological polar surface area (TPSA) is 15.3 Å². The molecule has 0 aromatic heterocycles. The predicted octanol–water partition coefficient (Wildman–Crippen LogP) is 3.16. The van der Waals surface area contributed by atoms with Crippen LogP contribution in [0.5, 0.6) is 0 Å². The number of hydrogen-bond acceptors (Lipinski definition) is 2. The number of rotatable bonds is 2. The van der Waals surface area contributed by atoms with E-state index in [2.05, 4.69) is 36.2 Å². The van der Waals surface area contributed by atoms with Gasteiger partial charge in [-0.3, -0.25) is 0 Å². The molecular weight excluding hydrogens is 232 g/mol. The first kappa shape index (κ1) is 12.7. The first-order chi connectivity index (χ1) is 8.16. The Balaban J connectivity index is 2.10. The Morgan fingerprint density at radius 1 is 1.29 bits per heavy atom. The molecule has 1 atom stereocenters. The van der Waals surface area contributed by atoms with Crippen molar-refractivity contribution < 1.29 is 0 Å². The second-order valence-corrected chi connectivity index (χ2v) is 5.52. The summed E-state index contributed by atoms with van der Waals surface area (Å²) in [5.41, 5.74) is 1.28. The first-order valence-electron chi connectivity index (χ1n) is 6.40. The summed E-state index contributed by atoms with van der Waals surface area (Å²) in [4.78, 5) is 2.46. The molecule has 1 aromatic rings. The zero-order valence-corrected chi connectivity index (χ0v) is 11.4. The van der Waals surface area contributed by atoms with Crippen molar-refractivity contribution in [2.24, 2.45) is 5.92 Å². The van der Waals surface area contributed by atoms with E-state index in [4.69, 9.17) is 11.6 Å². The summed E-state index contributed by atoms with van der Waals surface area (Å²) in [6, 6.07) is 8.75. The van der Waals surface area contributed by atoms with E-state index in [1.807, 2.05) is 12.1 Å². The molecule has 1 unspecified atom stereocenters. The lowest BCUT2D eigenvalue weighted by Crippen LogP contribution is -2.41. The molecule has 1 fully saturated rings. The molecule has 1 heterocycles. The van der Waals surface area contributed by atoms with Crippen LogP contribution < -0.4 is 10.2 Å². The minimum absolute atomic E-state index is 0.577. The van der Waals surface area contributed by atoms with Gasteiger partial charge in [-0.15, -0.1) is 0 Å². The van der Waals surface area contributed by atoms with Gasteiger partial charge in [0.15, 0.2) is 0 Å². The molecule has 2 nitrogen and oxygen atoms in total. The van der Waals surface area contributed by atoms with Gasteiger partial charge in [0.05, 0.1) is 0 Å². The molecule has 1 aliphatic rings. The van der Waals surface area contributed by atoms with Gasteiger partial charge in [-0.25, -0.2) is 0 Å². The average Bonchev–Trinajstić information content (AvgIpc) is 2.55. The van der Waals surface area contributed by atoms with Crippen molar-refractivity contribution in [2.75, 3.05) is 24.5 Å². The summed E-state index contributed by atoms with van der Waals surface area (Å²) in [6.07, 6.45) is 1.20. The van der Waals surface area contributed by atoms with Crippen molar-refractivity contribution in [3.05, 3.63) is 29.3 Å². The molecule has 0 bridgehead atoms. The van der Waals surface area contributed by atoms with Gasteiger partial charge in [0.25, 0.3) is 0 Å². The third kappa shape index (κ3) is 3.36. The number of nitrogens with zero attached hydrogens (tertiary/aromatic N) is 1. The van der Waals surface area contributed by atoms with Gasteiger partial charge in [0.1, 0.15) is 0 Å². The molecule has 0 radical (unpaired) electrons. The highest BCUT2D eigenvalue weighted by Crippen LogP contribution is 2.20. The second-order valence-electron chi connectivity index (χ2n) is 5.08. The zero-order valence-electron chi connectivity index (χ0n) is 10.6. The number of hydrogen-bond donors (Lipinski definition) is 1. The van der Waals surface area contributed by atoms with Crippen molar-refractivity contribution in [2.45, 2.75) is 26.3 Å². The minimum atomic E-state index is 0.577. The molecule has 1 N–H and O–H groups in total. The lowest BCUT2D eigenvalue weighted by Gasteiger charge is -2.28. The Labute approximate surface area is 109 Å². The highest BCUT2D eigenvalue weighted by atomic mass is 35.5. The summed E-state index contributed by atoms with van der Waals surface area (Å²) >= 11 is 5.93. The van der Waals surface area contributed by atoms with Gasteiger partial charge in [0, 0.05) is 29.8 Å². The number of benzene rings is 1. The molecule has 2 rings (SSSR count). The molecule has 0 amide bonds. The molecule has 1 aliphatic heterocycles. The van der Waals surface area contributed by atoms with E-state index in [0.29, 0.717) is 12.0 Å². The predicted molar refractivity (Wildman–Crippen MR) is 74.9 cm³/mol. The van der Waals surface area contributed by atoms with Crippen molar-refractivity contribution >= 4 is 17.3 Å². The molecule has 1 aromatic carbocycles.